The van der Waals surface area contributed by atoms with Crippen LogP contribution in [0, 0.1) is 0 Å². The van der Waals surface area contributed by atoms with Crippen molar-refractivity contribution in [2.24, 2.45) is 0 Å². The third-order valence-corrected chi connectivity index (χ3v) is 6.83. The molecule has 0 saturated heterocycles. The van der Waals surface area contributed by atoms with Gasteiger partial charge in [-0.3, -0.25) is 4.79 Å². The Kier molecular flexibility index (Phi) is 7.52. The molecular weight excluding hydrogens is 424 g/mol. The number of hydrogen-bond donors (Lipinski definition) is 1. The Hall–Kier alpha value is -2.90. The zero-order valence-corrected chi connectivity index (χ0v) is 18.7. The number of rotatable bonds is 10. The van der Waals surface area contributed by atoms with E-state index in [1.165, 1.54) is 22.2 Å². The molecule has 31 heavy (non-hydrogen) atoms. The van der Waals surface area contributed by atoms with Crippen LogP contribution in [0.1, 0.15) is 22.0 Å². The van der Waals surface area contributed by atoms with Crippen molar-refractivity contribution >= 4 is 29.0 Å². The largest absolute Gasteiger partial charge is 0.348 e. The molecular formula is C24H24N4OS2. The number of benzene rings is 2. The lowest BCUT2D eigenvalue weighted by atomic mass is 9.99. The van der Waals surface area contributed by atoms with Gasteiger partial charge in [0.1, 0.15) is 6.33 Å². The van der Waals surface area contributed by atoms with Gasteiger partial charge in [-0.2, -0.15) is 0 Å². The molecule has 1 N–H and O–H groups in total. The number of carbonyl (C=O) groups excluding carboxylic acids is 1. The summed E-state index contributed by atoms with van der Waals surface area (Å²) in [6.07, 6.45) is 3.41. The number of carbonyl (C=O) groups is 1. The van der Waals surface area contributed by atoms with Crippen molar-refractivity contribution in [1.29, 1.82) is 0 Å². The van der Waals surface area contributed by atoms with Gasteiger partial charge in [-0.05, 0) is 35.4 Å². The summed E-state index contributed by atoms with van der Waals surface area (Å²) >= 11 is 3.17. The zero-order valence-electron chi connectivity index (χ0n) is 17.1. The summed E-state index contributed by atoms with van der Waals surface area (Å²) in [5, 5.41) is 14.3. The van der Waals surface area contributed by atoms with Gasteiger partial charge in [0.25, 0.3) is 0 Å². The van der Waals surface area contributed by atoms with Crippen LogP contribution in [0.4, 0.5) is 0 Å². The number of aryl methyl sites for hydroxylation is 2. The number of nitrogens with zero attached hydrogens (tertiary/aromatic N) is 3. The average molecular weight is 449 g/mol. The molecule has 0 spiro atoms. The van der Waals surface area contributed by atoms with Crippen molar-refractivity contribution in [3.63, 3.8) is 0 Å². The maximum Gasteiger partial charge on any atom is 0.230 e. The second kappa shape index (κ2) is 10.9. The van der Waals surface area contributed by atoms with Crippen LogP contribution < -0.4 is 5.32 Å². The van der Waals surface area contributed by atoms with Crippen molar-refractivity contribution < 1.29 is 4.79 Å². The molecule has 2 heterocycles. The first-order valence-electron chi connectivity index (χ1n) is 10.2. The van der Waals surface area contributed by atoms with Crippen LogP contribution in [0.5, 0.6) is 0 Å². The molecule has 5 nitrogen and oxygen atoms in total. The molecule has 1 amide bonds. The first kappa shape index (κ1) is 21.3. The monoisotopic (exact) mass is 448 g/mol. The van der Waals surface area contributed by atoms with E-state index in [0.29, 0.717) is 5.75 Å². The number of thioether (sulfide) groups is 1. The van der Waals surface area contributed by atoms with E-state index in [1.807, 2.05) is 41.0 Å². The number of thiophene rings is 1. The summed E-state index contributed by atoms with van der Waals surface area (Å²) in [4.78, 5) is 14.1. The van der Waals surface area contributed by atoms with Gasteiger partial charge in [-0.15, -0.1) is 21.5 Å². The van der Waals surface area contributed by atoms with Crippen molar-refractivity contribution in [3.05, 3.63) is 101 Å². The van der Waals surface area contributed by atoms with Gasteiger partial charge in [0.15, 0.2) is 5.16 Å². The summed E-state index contributed by atoms with van der Waals surface area (Å²) in [6.45, 7) is 0.804. The van der Waals surface area contributed by atoms with E-state index >= 15 is 0 Å². The van der Waals surface area contributed by atoms with Crippen LogP contribution in [-0.4, -0.2) is 26.4 Å². The zero-order chi connectivity index (χ0) is 21.3. The lowest BCUT2D eigenvalue weighted by molar-refractivity contribution is -0.119. The molecule has 0 aliphatic rings. The lowest BCUT2D eigenvalue weighted by Gasteiger charge is -2.19. The van der Waals surface area contributed by atoms with Crippen LogP contribution in [0.3, 0.4) is 0 Å². The Bertz CT molecular complexity index is 1070. The number of hydrogen-bond acceptors (Lipinski definition) is 5. The fraction of sp³-hybridized carbons (Fsp3) is 0.208. The van der Waals surface area contributed by atoms with E-state index in [-0.39, 0.29) is 11.9 Å². The molecule has 0 fully saturated rings. The molecule has 0 aliphatic heterocycles. The molecule has 2 aromatic heterocycles. The second-order valence-electron chi connectivity index (χ2n) is 7.15. The van der Waals surface area contributed by atoms with Crippen LogP contribution in [-0.2, 0) is 24.2 Å². The molecule has 2 aromatic carbocycles. The standard InChI is InChI=1S/C24H24N4OS2/c29-23(17-31-24-27-25-18-28(24)14-13-21-12-7-15-30-21)26-22(20-10-5-2-6-11-20)16-19-8-3-1-4-9-19/h1-12,15,18,22H,13-14,16-17H2,(H,26,29)/t22-/m1/s1. The molecule has 7 heteroatoms. The number of nitrogens with one attached hydrogen (secondary N) is 1. The Morgan fingerprint density at radius 3 is 2.55 bits per heavy atom. The van der Waals surface area contributed by atoms with Gasteiger partial charge in [0.2, 0.25) is 5.91 Å². The molecule has 0 aliphatic carbocycles. The number of amides is 1. The Morgan fingerprint density at radius 1 is 1.03 bits per heavy atom. The fourth-order valence-electron chi connectivity index (χ4n) is 3.35. The van der Waals surface area contributed by atoms with E-state index in [9.17, 15) is 4.79 Å². The van der Waals surface area contributed by atoms with E-state index in [4.69, 9.17) is 0 Å². The van der Waals surface area contributed by atoms with E-state index in [2.05, 4.69) is 57.3 Å². The Labute approximate surface area is 190 Å². The van der Waals surface area contributed by atoms with Crippen LogP contribution in [0.2, 0.25) is 0 Å². The fourth-order valence-corrected chi connectivity index (χ4v) is 4.80. The second-order valence-corrected chi connectivity index (χ2v) is 9.12. The van der Waals surface area contributed by atoms with Crippen LogP contribution in [0.15, 0.2) is 89.7 Å². The van der Waals surface area contributed by atoms with Crippen molar-refractivity contribution in [3.8, 4) is 0 Å². The summed E-state index contributed by atoms with van der Waals surface area (Å²) in [5.41, 5.74) is 2.29. The molecule has 0 unspecified atom stereocenters. The maximum absolute atomic E-state index is 12.8. The van der Waals surface area contributed by atoms with Crippen molar-refractivity contribution in [2.45, 2.75) is 30.6 Å². The molecule has 0 bridgehead atoms. The van der Waals surface area contributed by atoms with Crippen LogP contribution >= 0.6 is 23.1 Å². The molecule has 4 rings (SSSR count). The summed E-state index contributed by atoms with van der Waals surface area (Å²) < 4.78 is 2.01. The smallest absolute Gasteiger partial charge is 0.230 e. The third kappa shape index (κ3) is 6.29. The predicted molar refractivity (Wildman–Crippen MR) is 126 cm³/mol. The molecule has 4 aromatic rings. The first-order valence-corrected chi connectivity index (χ1v) is 12.1. The van der Waals surface area contributed by atoms with E-state index in [1.54, 1.807) is 17.7 Å². The Morgan fingerprint density at radius 2 is 1.81 bits per heavy atom. The maximum atomic E-state index is 12.8. The minimum atomic E-state index is -0.0756. The lowest BCUT2D eigenvalue weighted by Crippen LogP contribution is -2.31. The van der Waals surface area contributed by atoms with E-state index < -0.39 is 0 Å². The predicted octanol–water partition coefficient (Wildman–Crippen LogP) is 4.77. The molecule has 158 valence electrons. The molecule has 1 atom stereocenters. The summed E-state index contributed by atoms with van der Waals surface area (Å²) in [7, 11) is 0. The van der Waals surface area contributed by atoms with Crippen molar-refractivity contribution in [1.82, 2.24) is 20.1 Å². The average Bonchev–Trinajstić information content (AvgIpc) is 3.49. The van der Waals surface area contributed by atoms with Gasteiger partial charge < -0.3 is 9.88 Å². The van der Waals surface area contributed by atoms with Gasteiger partial charge >= 0.3 is 0 Å². The quantitative estimate of drug-likeness (QED) is 0.355. The third-order valence-electron chi connectivity index (χ3n) is 4.91. The topological polar surface area (TPSA) is 59.8 Å². The highest BCUT2D eigenvalue weighted by Gasteiger charge is 2.16. The van der Waals surface area contributed by atoms with Gasteiger partial charge in [0, 0.05) is 11.4 Å². The highest BCUT2D eigenvalue weighted by Crippen LogP contribution is 2.20. The van der Waals surface area contributed by atoms with Gasteiger partial charge in [0.05, 0.1) is 11.8 Å². The van der Waals surface area contributed by atoms with Crippen molar-refractivity contribution in [2.75, 3.05) is 5.75 Å². The van der Waals surface area contributed by atoms with E-state index in [0.717, 1.165) is 30.1 Å². The Balaban J connectivity index is 1.35. The number of aromatic nitrogens is 3. The highest BCUT2D eigenvalue weighted by molar-refractivity contribution is 7.99. The summed E-state index contributed by atoms with van der Waals surface area (Å²) in [6, 6.07) is 24.5. The summed E-state index contributed by atoms with van der Waals surface area (Å²) in [5.74, 6) is 0.290. The van der Waals surface area contributed by atoms with Gasteiger partial charge in [-0.1, -0.05) is 78.5 Å². The first-order chi connectivity index (χ1) is 15.3. The van der Waals surface area contributed by atoms with Gasteiger partial charge in [-0.25, -0.2) is 0 Å². The minimum Gasteiger partial charge on any atom is -0.348 e. The SMILES string of the molecule is O=C(CSc1nncn1CCc1cccs1)N[C@H](Cc1ccccc1)c1ccccc1. The molecule has 0 saturated carbocycles. The normalized spacial score (nSPS) is 11.9. The highest BCUT2D eigenvalue weighted by atomic mass is 32.2. The van der Waals surface area contributed by atoms with Crippen LogP contribution in [0.25, 0.3) is 0 Å². The minimum absolute atomic E-state index is 0.0115. The molecule has 0 radical (unpaired) electrons.